The Kier molecular flexibility index (Phi) is 1.93. The third-order valence-corrected chi connectivity index (χ3v) is 1.90. The summed E-state index contributed by atoms with van der Waals surface area (Å²) >= 11 is 0. The van der Waals surface area contributed by atoms with E-state index in [9.17, 15) is 0 Å². The number of anilines is 1. The van der Waals surface area contributed by atoms with Crippen molar-refractivity contribution in [2.45, 2.75) is 19.9 Å². The van der Waals surface area contributed by atoms with E-state index in [1.54, 1.807) is 0 Å². The fourth-order valence-corrected chi connectivity index (χ4v) is 1.35. The van der Waals surface area contributed by atoms with Gasteiger partial charge in [-0.2, -0.15) is 5.10 Å². The van der Waals surface area contributed by atoms with Crippen molar-refractivity contribution in [3.63, 3.8) is 0 Å². The average molecular weight is 175 g/mol. The molecule has 0 fully saturated rings. The maximum atomic E-state index is 4.20. The van der Waals surface area contributed by atoms with Gasteiger partial charge in [0.15, 0.2) is 5.82 Å². The lowest BCUT2D eigenvalue weighted by Gasteiger charge is -2.05. The predicted molar refractivity (Wildman–Crippen MR) is 54.9 cm³/mol. The number of para-hydroxylation sites is 1. The molecule has 1 aromatic heterocycles. The van der Waals surface area contributed by atoms with E-state index in [4.69, 9.17) is 0 Å². The van der Waals surface area contributed by atoms with Gasteiger partial charge in [-0.15, -0.1) is 0 Å². The first-order valence-electron chi connectivity index (χ1n) is 4.47. The smallest absolute Gasteiger partial charge is 0.155 e. The molecule has 0 amide bonds. The number of fused-ring (bicyclic) bond motifs is 1. The van der Waals surface area contributed by atoms with Crippen molar-refractivity contribution in [3.8, 4) is 0 Å². The molecule has 0 unspecified atom stereocenters. The van der Waals surface area contributed by atoms with Gasteiger partial charge in [-0.05, 0) is 26.0 Å². The Morgan fingerprint density at radius 3 is 2.85 bits per heavy atom. The topological polar surface area (TPSA) is 40.7 Å². The molecule has 1 heterocycles. The molecule has 3 heteroatoms. The Bertz CT molecular complexity index is 403. The summed E-state index contributed by atoms with van der Waals surface area (Å²) in [6.45, 7) is 4.20. The number of nitrogens with zero attached hydrogens (tertiary/aromatic N) is 1. The van der Waals surface area contributed by atoms with Gasteiger partial charge in [0.1, 0.15) is 0 Å². The normalized spacial score (nSPS) is 11.0. The second-order valence-corrected chi connectivity index (χ2v) is 3.42. The van der Waals surface area contributed by atoms with E-state index in [0.717, 1.165) is 16.7 Å². The summed E-state index contributed by atoms with van der Waals surface area (Å²) < 4.78 is 0. The first-order chi connectivity index (χ1) is 6.27. The Morgan fingerprint density at radius 2 is 2.08 bits per heavy atom. The Morgan fingerprint density at radius 1 is 1.31 bits per heavy atom. The highest BCUT2D eigenvalue weighted by Gasteiger charge is 2.04. The molecular weight excluding hydrogens is 162 g/mol. The van der Waals surface area contributed by atoms with Crippen LogP contribution in [-0.4, -0.2) is 16.2 Å². The summed E-state index contributed by atoms with van der Waals surface area (Å²) in [6.07, 6.45) is 0. The minimum atomic E-state index is 0.409. The SMILES string of the molecule is CC(C)Nc1n[nH]c2ccccc12. The van der Waals surface area contributed by atoms with E-state index in [2.05, 4.69) is 35.4 Å². The van der Waals surface area contributed by atoms with Crippen LogP contribution in [0.15, 0.2) is 24.3 Å². The van der Waals surface area contributed by atoms with E-state index in [-0.39, 0.29) is 0 Å². The molecule has 0 spiro atoms. The van der Waals surface area contributed by atoms with Crippen LogP contribution >= 0.6 is 0 Å². The lowest BCUT2D eigenvalue weighted by Crippen LogP contribution is -2.09. The number of nitrogens with one attached hydrogen (secondary N) is 2. The number of rotatable bonds is 2. The summed E-state index contributed by atoms with van der Waals surface area (Å²) in [7, 11) is 0. The van der Waals surface area contributed by atoms with Gasteiger partial charge in [0.05, 0.1) is 5.52 Å². The molecule has 1 aromatic carbocycles. The number of hydrogen-bond donors (Lipinski definition) is 2. The number of hydrogen-bond acceptors (Lipinski definition) is 2. The van der Waals surface area contributed by atoms with Crippen molar-refractivity contribution in [2.75, 3.05) is 5.32 Å². The van der Waals surface area contributed by atoms with Crippen molar-refractivity contribution < 1.29 is 0 Å². The van der Waals surface area contributed by atoms with E-state index < -0.39 is 0 Å². The zero-order valence-corrected chi connectivity index (χ0v) is 7.83. The van der Waals surface area contributed by atoms with Crippen LogP contribution in [0.2, 0.25) is 0 Å². The van der Waals surface area contributed by atoms with Crippen LogP contribution < -0.4 is 5.32 Å². The maximum absolute atomic E-state index is 4.20. The van der Waals surface area contributed by atoms with E-state index in [0.29, 0.717) is 6.04 Å². The van der Waals surface area contributed by atoms with Gasteiger partial charge in [-0.1, -0.05) is 12.1 Å². The van der Waals surface area contributed by atoms with Crippen molar-refractivity contribution in [2.24, 2.45) is 0 Å². The molecule has 3 nitrogen and oxygen atoms in total. The van der Waals surface area contributed by atoms with Crippen LogP contribution in [0.3, 0.4) is 0 Å². The number of H-pyrrole nitrogens is 1. The summed E-state index contributed by atoms with van der Waals surface area (Å²) in [6, 6.07) is 8.51. The quantitative estimate of drug-likeness (QED) is 0.735. The summed E-state index contributed by atoms with van der Waals surface area (Å²) in [5, 5.41) is 11.6. The van der Waals surface area contributed by atoms with Crippen molar-refractivity contribution in [1.29, 1.82) is 0 Å². The molecule has 2 N–H and O–H groups in total. The molecule has 13 heavy (non-hydrogen) atoms. The third kappa shape index (κ3) is 1.49. The summed E-state index contributed by atoms with van der Waals surface area (Å²) in [4.78, 5) is 0. The number of benzene rings is 1. The highest BCUT2D eigenvalue weighted by atomic mass is 15.2. The van der Waals surface area contributed by atoms with E-state index >= 15 is 0 Å². The molecule has 0 bridgehead atoms. The minimum absolute atomic E-state index is 0.409. The molecule has 0 aliphatic carbocycles. The lowest BCUT2D eigenvalue weighted by atomic mass is 10.2. The highest BCUT2D eigenvalue weighted by molar-refractivity contribution is 5.89. The monoisotopic (exact) mass is 175 g/mol. The fourth-order valence-electron chi connectivity index (χ4n) is 1.35. The van der Waals surface area contributed by atoms with E-state index in [1.165, 1.54) is 0 Å². The van der Waals surface area contributed by atoms with Crippen LogP contribution in [0.4, 0.5) is 5.82 Å². The summed E-state index contributed by atoms with van der Waals surface area (Å²) in [5.74, 6) is 0.936. The first-order valence-corrected chi connectivity index (χ1v) is 4.47. The zero-order valence-electron chi connectivity index (χ0n) is 7.83. The molecule has 2 rings (SSSR count). The molecule has 0 aliphatic rings. The van der Waals surface area contributed by atoms with Crippen LogP contribution in [0, 0.1) is 0 Å². The van der Waals surface area contributed by atoms with Crippen LogP contribution in [0.5, 0.6) is 0 Å². The molecular formula is C10H13N3. The van der Waals surface area contributed by atoms with Gasteiger partial charge >= 0.3 is 0 Å². The molecule has 2 aromatic rings. The molecule has 0 aliphatic heterocycles. The van der Waals surface area contributed by atoms with Gasteiger partial charge in [0, 0.05) is 11.4 Å². The van der Waals surface area contributed by atoms with Crippen molar-refractivity contribution in [3.05, 3.63) is 24.3 Å². The van der Waals surface area contributed by atoms with Gasteiger partial charge in [0.2, 0.25) is 0 Å². The Balaban J connectivity index is 2.46. The van der Waals surface area contributed by atoms with Crippen molar-refractivity contribution in [1.82, 2.24) is 10.2 Å². The molecule has 0 saturated heterocycles. The lowest BCUT2D eigenvalue weighted by molar-refractivity contribution is 0.886. The molecule has 0 saturated carbocycles. The third-order valence-electron chi connectivity index (χ3n) is 1.90. The minimum Gasteiger partial charge on any atom is -0.366 e. The zero-order chi connectivity index (χ0) is 9.26. The standard InChI is InChI=1S/C10H13N3/c1-7(2)11-10-8-5-3-4-6-9(8)12-13-10/h3-7H,1-2H3,(H2,11,12,13). The van der Waals surface area contributed by atoms with Gasteiger partial charge in [-0.3, -0.25) is 5.10 Å². The van der Waals surface area contributed by atoms with Gasteiger partial charge in [0.25, 0.3) is 0 Å². The van der Waals surface area contributed by atoms with Gasteiger partial charge < -0.3 is 5.32 Å². The molecule has 0 radical (unpaired) electrons. The van der Waals surface area contributed by atoms with Crippen LogP contribution in [-0.2, 0) is 0 Å². The largest absolute Gasteiger partial charge is 0.366 e. The maximum Gasteiger partial charge on any atom is 0.155 e. The Labute approximate surface area is 77.2 Å². The predicted octanol–water partition coefficient (Wildman–Crippen LogP) is 2.38. The first kappa shape index (κ1) is 8.10. The fraction of sp³-hybridized carbons (Fsp3) is 0.300. The summed E-state index contributed by atoms with van der Waals surface area (Å²) in [5.41, 5.74) is 1.07. The molecule has 0 atom stereocenters. The van der Waals surface area contributed by atoms with E-state index in [1.807, 2.05) is 18.2 Å². The van der Waals surface area contributed by atoms with Crippen LogP contribution in [0.1, 0.15) is 13.8 Å². The highest BCUT2D eigenvalue weighted by Crippen LogP contribution is 2.19. The second-order valence-electron chi connectivity index (χ2n) is 3.42. The van der Waals surface area contributed by atoms with Gasteiger partial charge in [-0.25, -0.2) is 0 Å². The number of aromatic nitrogens is 2. The Hall–Kier alpha value is -1.51. The number of aromatic amines is 1. The second kappa shape index (κ2) is 3.09. The van der Waals surface area contributed by atoms with Crippen LogP contribution in [0.25, 0.3) is 10.9 Å². The van der Waals surface area contributed by atoms with Crippen molar-refractivity contribution >= 4 is 16.7 Å². The average Bonchev–Trinajstić information content (AvgIpc) is 2.48. The molecule has 68 valence electrons.